The Balaban J connectivity index is 2.34. The van der Waals surface area contributed by atoms with Crippen LogP contribution in [0.2, 0.25) is 5.02 Å². The quantitative estimate of drug-likeness (QED) is 0.343. The molecule has 1 rings (SSSR count). The first-order valence-corrected chi connectivity index (χ1v) is 10.9. The van der Waals surface area contributed by atoms with Crippen molar-refractivity contribution in [2.24, 2.45) is 4.99 Å². The zero-order valence-corrected chi connectivity index (χ0v) is 17.1. The van der Waals surface area contributed by atoms with Gasteiger partial charge in [-0.25, -0.2) is 8.42 Å². The molecule has 7 nitrogen and oxygen atoms in total. The van der Waals surface area contributed by atoms with Crippen LogP contribution in [0.25, 0.3) is 0 Å². The van der Waals surface area contributed by atoms with Gasteiger partial charge in [0.2, 0.25) is 0 Å². The summed E-state index contributed by atoms with van der Waals surface area (Å²) >= 11 is 5.85. The Bertz CT molecular complexity index is 650. The summed E-state index contributed by atoms with van der Waals surface area (Å²) in [5.74, 6) is 1.54. The molecule has 0 amide bonds. The number of nitrogens with one attached hydrogen (secondary N) is 1. The summed E-state index contributed by atoms with van der Waals surface area (Å²) in [7, 11) is -1.06. The van der Waals surface area contributed by atoms with Crippen LogP contribution in [0, 0.1) is 0 Å². The fourth-order valence-electron chi connectivity index (χ4n) is 1.94. The van der Waals surface area contributed by atoms with Crippen LogP contribution in [0.4, 0.5) is 0 Å². The van der Waals surface area contributed by atoms with E-state index in [0.717, 1.165) is 18.3 Å². The van der Waals surface area contributed by atoms with E-state index in [-0.39, 0.29) is 12.4 Å². The number of halogens is 1. The van der Waals surface area contributed by atoms with Crippen molar-refractivity contribution in [3.05, 3.63) is 29.3 Å². The average Bonchev–Trinajstić information content (AvgIpc) is 2.57. The minimum atomic E-state index is -2.99. The minimum Gasteiger partial charge on any atom is -0.492 e. The number of guanidine groups is 1. The Hall–Kier alpha value is -1.51. The van der Waals surface area contributed by atoms with E-state index in [0.29, 0.717) is 31.3 Å². The summed E-state index contributed by atoms with van der Waals surface area (Å²) in [6, 6.07) is 7.23. The van der Waals surface area contributed by atoms with Gasteiger partial charge in [0.1, 0.15) is 22.2 Å². The highest BCUT2D eigenvalue weighted by Crippen LogP contribution is 2.15. The third-order valence-corrected chi connectivity index (χ3v) is 4.46. The normalized spacial score (nSPS) is 12.1. The monoisotopic (exact) mass is 405 g/mol. The van der Waals surface area contributed by atoms with E-state index in [9.17, 15) is 8.42 Å². The molecule has 9 heteroatoms. The minimum absolute atomic E-state index is 0.0265. The Morgan fingerprint density at radius 2 is 1.92 bits per heavy atom. The lowest BCUT2D eigenvalue weighted by molar-refractivity contribution is 0.157. The molecule has 0 aromatic heterocycles. The summed E-state index contributed by atoms with van der Waals surface area (Å²) in [4.78, 5) is 6.44. The Morgan fingerprint density at radius 1 is 1.23 bits per heavy atom. The van der Waals surface area contributed by atoms with E-state index in [4.69, 9.17) is 21.1 Å². The lowest BCUT2D eigenvalue weighted by Gasteiger charge is -2.22. The molecule has 0 saturated heterocycles. The molecule has 0 aliphatic heterocycles. The number of hydrogen-bond donors (Lipinski definition) is 1. The number of ether oxygens (including phenoxy) is 2. The van der Waals surface area contributed by atoms with E-state index < -0.39 is 9.84 Å². The van der Waals surface area contributed by atoms with Crippen molar-refractivity contribution in [3.8, 4) is 5.75 Å². The highest BCUT2D eigenvalue weighted by Gasteiger charge is 2.06. The van der Waals surface area contributed by atoms with Gasteiger partial charge in [-0.15, -0.1) is 0 Å². The van der Waals surface area contributed by atoms with E-state index in [1.54, 1.807) is 12.1 Å². The number of benzene rings is 1. The summed E-state index contributed by atoms with van der Waals surface area (Å²) < 4.78 is 33.0. The van der Waals surface area contributed by atoms with Crippen molar-refractivity contribution in [2.75, 3.05) is 58.5 Å². The first-order valence-electron chi connectivity index (χ1n) is 8.45. The lowest BCUT2D eigenvalue weighted by Crippen LogP contribution is -2.41. The van der Waals surface area contributed by atoms with Gasteiger partial charge in [0, 0.05) is 24.9 Å². The molecule has 0 aliphatic carbocycles. The summed E-state index contributed by atoms with van der Waals surface area (Å²) in [5, 5.41) is 3.88. The summed E-state index contributed by atoms with van der Waals surface area (Å²) in [6.07, 6.45) is 1.19. The van der Waals surface area contributed by atoms with Gasteiger partial charge < -0.3 is 19.7 Å². The zero-order chi connectivity index (χ0) is 19.4. The first kappa shape index (κ1) is 22.5. The van der Waals surface area contributed by atoms with Crippen LogP contribution in [0.3, 0.4) is 0 Å². The van der Waals surface area contributed by atoms with Crippen molar-refractivity contribution in [2.45, 2.75) is 6.92 Å². The van der Waals surface area contributed by atoms with Crippen LogP contribution in [0.5, 0.6) is 5.75 Å². The molecule has 0 radical (unpaired) electrons. The Kier molecular flexibility index (Phi) is 10.4. The van der Waals surface area contributed by atoms with Gasteiger partial charge in [-0.1, -0.05) is 11.6 Å². The van der Waals surface area contributed by atoms with Crippen LogP contribution in [0.1, 0.15) is 6.92 Å². The van der Waals surface area contributed by atoms with Gasteiger partial charge in [0.25, 0.3) is 0 Å². The molecule has 0 unspecified atom stereocenters. The standard InChI is InChI=1S/C17H28ClN3O4S/c1-4-19-17(20-9-11-24-13-14-26(3,22)23)21(2)10-12-25-16-7-5-15(18)6-8-16/h5-8H,4,9-14H2,1-3H3,(H,19,20). The SMILES string of the molecule is CCNC(=NCCOCCS(C)(=O)=O)N(C)CCOc1ccc(Cl)cc1. The smallest absolute Gasteiger partial charge is 0.193 e. The molecule has 0 saturated carbocycles. The van der Waals surface area contributed by atoms with Crippen molar-refractivity contribution in [1.82, 2.24) is 10.2 Å². The van der Waals surface area contributed by atoms with E-state index in [1.165, 1.54) is 6.26 Å². The molecular weight excluding hydrogens is 378 g/mol. The predicted molar refractivity (Wildman–Crippen MR) is 106 cm³/mol. The van der Waals surface area contributed by atoms with Gasteiger partial charge >= 0.3 is 0 Å². The number of sulfone groups is 1. The molecule has 0 bridgehead atoms. The first-order chi connectivity index (χ1) is 12.3. The number of aliphatic imine (C=N–C) groups is 1. The molecule has 0 aliphatic rings. The molecule has 1 N–H and O–H groups in total. The van der Waals surface area contributed by atoms with Crippen LogP contribution < -0.4 is 10.1 Å². The second-order valence-electron chi connectivity index (χ2n) is 5.70. The number of likely N-dealkylation sites (N-methyl/N-ethyl adjacent to an activating group) is 1. The fraction of sp³-hybridized carbons (Fsp3) is 0.588. The molecule has 0 fully saturated rings. The maximum Gasteiger partial charge on any atom is 0.193 e. The van der Waals surface area contributed by atoms with Crippen LogP contribution in [-0.2, 0) is 14.6 Å². The topological polar surface area (TPSA) is 80.2 Å². The molecule has 0 heterocycles. The van der Waals surface area contributed by atoms with E-state index in [1.807, 2.05) is 31.0 Å². The maximum atomic E-state index is 11.0. The highest BCUT2D eigenvalue weighted by atomic mass is 35.5. The zero-order valence-electron chi connectivity index (χ0n) is 15.6. The molecular formula is C17H28ClN3O4S. The van der Waals surface area contributed by atoms with E-state index in [2.05, 4.69) is 10.3 Å². The Labute approximate surface area is 161 Å². The van der Waals surface area contributed by atoms with Crippen LogP contribution in [0.15, 0.2) is 29.3 Å². The Morgan fingerprint density at radius 3 is 2.54 bits per heavy atom. The fourth-order valence-corrected chi connectivity index (χ4v) is 2.48. The van der Waals surface area contributed by atoms with E-state index >= 15 is 0 Å². The molecule has 0 atom stereocenters. The van der Waals surface area contributed by atoms with Gasteiger partial charge in [-0.2, -0.15) is 0 Å². The maximum absolute atomic E-state index is 11.0. The summed E-state index contributed by atoms with van der Waals surface area (Å²) in [6.45, 7) is 4.92. The van der Waals surface area contributed by atoms with Crippen molar-refractivity contribution in [1.29, 1.82) is 0 Å². The van der Waals surface area contributed by atoms with Crippen molar-refractivity contribution < 1.29 is 17.9 Å². The molecule has 0 spiro atoms. The third-order valence-electron chi connectivity index (χ3n) is 3.30. The van der Waals surface area contributed by atoms with Crippen LogP contribution in [-0.4, -0.2) is 77.8 Å². The largest absolute Gasteiger partial charge is 0.492 e. The third kappa shape index (κ3) is 10.5. The number of nitrogens with zero attached hydrogens (tertiary/aromatic N) is 2. The van der Waals surface area contributed by atoms with Crippen molar-refractivity contribution >= 4 is 27.4 Å². The predicted octanol–water partition coefficient (Wildman–Crippen LogP) is 1.68. The number of rotatable bonds is 11. The van der Waals surface area contributed by atoms with Gasteiger partial charge in [-0.05, 0) is 31.2 Å². The molecule has 1 aromatic rings. The van der Waals surface area contributed by atoms with Gasteiger partial charge in [0.05, 0.1) is 32.1 Å². The molecule has 1 aromatic carbocycles. The van der Waals surface area contributed by atoms with Gasteiger partial charge in [0.15, 0.2) is 5.96 Å². The average molecular weight is 406 g/mol. The second-order valence-corrected chi connectivity index (χ2v) is 8.40. The van der Waals surface area contributed by atoms with Crippen molar-refractivity contribution in [3.63, 3.8) is 0 Å². The van der Waals surface area contributed by atoms with Gasteiger partial charge in [-0.3, -0.25) is 4.99 Å². The number of hydrogen-bond acceptors (Lipinski definition) is 5. The summed E-state index contributed by atoms with van der Waals surface area (Å²) in [5.41, 5.74) is 0. The molecule has 26 heavy (non-hydrogen) atoms. The second kappa shape index (κ2) is 12.0. The highest BCUT2D eigenvalue weighted by molar-refractivity contribution is 7.90. The van der Waals surface area contributed by atoms with Crippen LogP contribution >= 0.6 is 11.6 Å². The lowest BCUT2D eigenvalue weighted by atomic mass is 10.3. The molecule has 148 valence electrons.